The van der Waals surface area contributed by atoms with Crippen molar-refractivity contribution in [3.05, 3.63) is 27.6 Å². The fraction of sp³-hybridized carbons (Fsp3) is 0. The van der Waals surface area contributed by atoms with E-state index in [2.05, 4.69) is 10.5 Å². The number of benzene rings is 1. The van der Waals surface area contributed by atoms with Crippen molar-refractivity contribution >= 4 is 40.5 Å². The average Bonchev–Trinajstić information content (AvgIpc) is 2.08. The predicted molar refractivity (Wildman–Crippen MR) is 58.9 cm³/mol. The van der Waals surface area contributed by atoms with E-state index in [4.69, 9.17) is 5.11 Å². The Hall–Kier alpha value is -1.18. The number of anilines is 1. The summed E-state index contributed by atoms with van der Waals surface area (Å²) in [4.78, 5) is 10.1. The van der Waals surface area contributed by atoms with Gasteiger partial charge in [-0.2, -0.15) is 5.10 Å². The number of nitrogens with one attached hydrogen (secondary N) is 1. The molecule has 0 spiro atoms. The van der Waals surface area contributed by atoms with E-state index in [1.54, 1.807) is 0 Å². The van der Waals surface area contributed by atoms with Crippen LogP contribution in [0, 0.1) is 9.39 Å². The zero-order valence-corrected chi connectivity index (χ0v) is 9.03. The van der Waals surface area contributed by atoms with Crippen LogP contribution in [0.2, 0.25) is 0 Å². The van der Waals surface area contributed by atoms with Gasteiger partial charge in [0, 0.05) is 3.57 Å². The highest BCUT2D eigenvalue weighted by Crippen LogP contribution is 2.18. The molecule has 0 aliphatic heterocycles. The molecular formula is C8H6FIN2O2. The van der Waals surface area contributed by atoms with Crippen LogP contribution in [0.15, 0.2) is 23.3 Å². The summed E-state index contributed by atoms with van der Waals surface area (Å²) in [5.41, 5.74) is 3.05. The quantitative estimate of drug-likeness (QED) is 0.509. The van der Waals surface area contributed by atoms with E-state index in [1.807, 2.05) is 22.6 Å². The van der Waals surface area contributed by atoms with Crippen LogP contribution in [0.5, 0.6) is 0 Å². The molecule has 0 saturated carbocycles. The summed E-state index contributed by atoms with van der Waals surface area (Å²) in [5.74, 6) is -1.49. The highest BCUT2D eigenvalue weighted by Gasteiger charge is 1.99. The molecule has 6 heteroatoms. The molecule has 0 bridgehead atoms. The maximum atomic E-state index is 12.6. The molecule has 14 heavy (non-hydrogen) atoms. The summed E-state index contributed by atoms with van der Waals surface area (Å²) in [6.45, 7) is 0. The van der Waals surface area contributed by atoms with E-state index >= 15 is 0 Å². The first-order valence-corrected chi connectivity index (χ1v) is 4.64. The van der Waals surface area contributed by atoms with Crippen LogP contribution < -0.4 is 5.43 Å². The number of carboxylic acid groups (broad SMARTS) is 1. The van der Waals surface area contributed by atoms with Gasteiger partial charge in [-0.3, -0.25) is 5.43 Å². The van der Waals surface area contributed by atoms with Crippen LogP contribution in [-0.2, 0) is 4.79 Å². The Labute approximate surface area is 93.0 Å². The molecule has 0 unspecified atom stereocenters. The van der Waals surface area contributed by atoms with E-state index in [0.29, 0.717) is 9.26 Å². The molecule has 1 rings (SSSR count). The number of hydrogen-bond donors (Lipinski definition) is 2. The molecule has 1 aromatic carbocycles. The minimum atomic E-state index is -1.14. The van der Waals surface area contributed by atoms with Crippen molar-refractivity contribution in [3.63, 3.8) is 0 Å². The van der Waals surface area contributed by atoms with Crippen molar-refractivity contribution in [1.29, 1.82) is 0 Å². The van der Waals surface area contributed by atoms with Crippen molar-refractivity contribution in [2.75, 3.05) is 5.43 Å². The monoisotopic (exact) mass is 308 g/mol. The zero-order chi connectivity index (χ0) is 10.6. The first-order valence-electron chi connectivity index (χ1n) is 3.56. The van der Waals surface area contributed by atoms with Crippen molar-refractivity contribution < 1.29 is 14.3 Å². The molecule has 2 N–H and O–H groups in total. The fourth-order valence-corrected chi connectivity index (χ4v) is 1.34. The van der Waals surface area contributed by atoms with Crippen molar-refractivity contribution in [1.82, 2.24) is 0 Å². The van der Waals surface area contributed by atoms with Crippen molar-refractivity contribution in [2.45, 2.75) is 0 Å². The molecule has 0 aromatic heterocycles. The minimum absolute atomic E-state index is 0.345. The summed E-state index contributed by atoms with van der Waals surface area (Å²) in [7, 11) is 0. The number of hydrogen-bond acceptors (Lipinski definition) is 3. The lowest BCUT2D eigenvalue weighted by atomic mass is 10.3. The lowest BCUT2D eigenvalue weighted by Crippen LogP contribution is -1.99. The average molecular weight is 308 g/mol. The lowest BCUT2D eigenvalue weighted by Gasteiger charge is -2.01. The predicted octanol–water partition coefficient (Wildman–Crippen LogP) is 1.91. The topological polar surface area (TPSA) is 61.7 Å². The molecule has 0 aliphatic rings. The molecule has 1 aromatic rings. The van der Waals surface area contributed by atoms with E-state index < -0.39 is 5.97 Å². The Kier molecular flexibility index (Phi) is 3.81. The standard InChI is InChI=1S/C8H6FIN2O2/c9-5-1-2-7(6(10)3-5)12-11-4-8(13)14/h1-4,12H,(H,13,14)/b11-4+. The zero-order valence-electron chi connectivity index (χ0n) is 6.87. The van der Waals surface area contributed by atoms with Gasteiger partial charge in [-0.15, -0.1) is 0 Å². The number of nitrogens with zero attached hydrogens (tertiary/aromatic N) is 1. The van der Waals surface area contributed by atoms with Crippen LogP contribution in [0.3, 0.4) is 0 Å². The number of carboxylic acids is 1. The van der Waals surface area contributed by atoms with Crippen molar-refractivity contribution in [2.24, 2.45) is 5.10 Å². The van der Waals surface area contributed by atoms with E-state index in [0.717, 1.165) is 6.21 Å². The molecule has 4 nitrogen and oxygen atoms in total. The Morgan fingerprint density at radius 3 is 2.93 bits per heavy atom. The molecule has 0 radical (unpaired) electrons. The molecular weight excluding hydrogens is 302 g/mol. The highest BCUT2D eigenvalue weighted by molar-refractivity contribution is 14.1. The maximum Gasteiger partial charge on any atom is 0.348 e. The number of carbonyl (C=O) groups is 1. The van der Waals surface area contributed by atoms with Crippen molar-refractivity contribution in [3.8, 4) is 0 Å². The second-order valence-electron chi connectivity index (χ2n) is 2.33. The van der Waals surface area contributed by atoms with Gasteiger partial charge < -0.3 is 5.11 Å². The second kappa shape index (κ2) is 4.89. The fourth-order valence-electron chi connectivity index (χ4n) is 0.737. The Morgan fingerprint density at radius 1 is 1.64 bits per heavy atom. The minimum Gasteiger partial charge on any atom is -0.477 e. The molecule has 0 heterocycles. The largest absolute Gasteiger partial charge is 0.477 e. The van der Waals surface area contributed by atoms with Crippen LogP contribution >= 0.6 is 22.6 Å². The molecule has 0 atom stereocenters. The summed E-state index contributed by atoms with van der Waals surface area (Å²) < 4.78 is 13.3. The van der Waals surface area contributed by atoms with Gasteiger partial charge in [0.15, 0.2) is 0 Å². The van der Waals surface area contributed by atoms with Gasteiger partial charge >= 0.3 is 5.97 Å². The number of aliphatic carboxylic acids is 1. The van der Waals surface area contributed by atoms with Gasteiger partial charge in [0.25, 0.3) is 0 Å². The first kappa shape index (κ1) is 10.9. The van der Waals surface area contributed by atoms with Crippen LogP contribution in [0.4, 0.5) is 10.1 Å². The van der Waals surface area contributed by atoms with Crippen LogP contribution in [0.1, 0.15) is 0 Å². The Balaban J connectivity index is 2.73. The SMILES string of the molecule is O=C(O)/C=N/Nc1ccc(F)cc1I. The van der Waals surface area contributed by atoms with Gasteiger partial charge in [0.1, 0.15) is 12.0 Å². The second-order valence-corrected chi connectivity index (χ2v) is 3.49. The molecule has 0 fully saturated rings. The first-order chi connectivity index (χ1) is 6.59. The molecule has 0 aliphatic carbocycles. The summed E-state index contributed by atoms with van der Waals surface area (Å²) in [5, 5.41) is 11.7. The highest BCUT2D eigenvalue weighted by atomic mass is 127. The molecule has 0 saturated heterocycles. The Bertz CT molecular complexity index is 382. The summed E-state index contributed by atoms with van der Waals surface area (Å²) >= 11 is 1.92. The molecule has 0 amide bonds. The van der Waals surface area contributed by atoms with Crippen LogP contribution in [0.25, 0.3) is 0 Å². The van der Waals surface area contributed by atoms with Crippen LogP contribution in [-0.4, -0.2) is 17.3 Å². The smallest absolute Gasteiger partial charge is 0.348 e. The van der Waals surface area contributed by atoms with E-state index in [9.17, 15) is 9.18 Å². The Morgan fingerprint density at radius 2 is 2.36 bits per heavy atom. The van der Waals surface area contributed by atoms with Gasteiger partial charge in [-0.05, 0) is 40.8 Å². The van der Waals surface area contributed by atoms with Gasteiger partial charge in [-0.25, -0.2) is 9.18 Å². The molecule has 74 valence electrons. The third-order valence-electron chi connectivity index (χ3n) is 1.29. The number of halogens is 2. The van der Waals surface area contributed by atoms with Gasteiger partial charge in [0.2, 0.25) is 0 Å². The third kappa shape index (κ3) is 3.29. The van der Waals surface area contributed by atoms with Gasteiger partial charge in [0.05, 0.1) is 5.69 Å². The van der Waals surface area contributed by atoms with E-state index in [1.165, 1.54) is 18.2 Å². The number of hydrazone groups is 1. The number of rotatable bonds is 3. The lowest BCUT2D eigenvalue weighted by molar-refractivity contribution is -0.128. The third-order valence-corrected chi connectivity index (χ3v) is 2.18. The summed E-state index contributed by atoms with van der Waals surface area (Å²) in [6, 6.07) is 4.07. The maximum absolute atomic E-state index is 12.6. The normalized spacial score (nSPS) is 10.4. The van der Waals surface area contributed by atoms with Gasteiger partial charge in [-0.1, -0.05) is 0 Å². The summed E-state index contributed by atoms with van der Waals surface area (Å²) in [6.07, 6.45) is 0.722. The van der Waals surface area contributed by atoms with E-state index in [-0.39, 0.29) is 5.82 Å².